The lowest BCUT2D eigenvalue weighted by molar-refractivity contribution is 0.0730. The Morgan fingerprint density at radius 3 is 2.16 bits per heavy atom. The third-order valence-electron chi connectivity index (χ3n) is 4.59. The zero-order valence-corrected chi connectivity index (χ0v) is 14.0. The minimum absolute atomic E-state index is 0.110. The van der Waals surface area contributed by atoms with E-state index in [1.807, 2.05) is 59.5 Å². The van der Waals surface area contributed by atoms with E-state index < -0.39 is 0 Å². The van der Waals surface area contributed by atoms with Crippen LogP contribution in [-0.4, -0.2) is 21.8 Å². The maximum Gasteiger partial charge on any atom is 0.254 e. The summed E-state index contributed by atoms with van der Waals surface area (Å²) in [7, 11) is 0. The largest absolute Gasteiger partial charge is 0.331 e. The number of nitrogens with zero attached hydrogens (tertiary/aromatic N) is 2. The van der Waals surface area contributed by atoms with E-state index in [1.165, 1.54) is 0 Å². The molecule has 3 nitrogen and oxygen atoms in total. The molecule has 3 heteroatoms. The number of benzene rings is 2. The van der Waals surface area contributed by atoms with E-state index in [-0.39, 0.29) is 5.91 Å². The summed E-state index contributed by atoms with van der Waals surface area (Å²) in [6, 6.07) is 22.5. The van der Waals surface area contributed by atoms with E-state index in [9.17, 15) is 4.79 Å². The first-order valence-electron chi connectivity index (χ1n) is 8.66. The van der Waals surface area contributed by atoms with Crippen LogP contribution in [0.2, 0.25) is 0 Å². The number of rotatable bonds is 5. The Morgan fingerprint density at radius 1 is 0.880 bits per heavy atom. The van der Waals surface area contributed by atoms with E-state index in [2.05, 4.69) is 17.1 Å². The number of hydrogen-bond donors (Lipinski definition) is 0. The van der Waals surface area contributed by atoms with Crippen molar-refractivity contribution in [2.24, 2.45) is 0 Å². The van der Waals surface area contributed by atoms with Gasteiger partial charge in [-0.15, -0.1) is 0 Å². The molecule has 1 amide bonds. The smallest absolute Gasteiger partial charge is 0.254 e. The van der Waals surface area contributed by atoms with Crippen molar-refractivity contribution < 1.29 is 4.79 Å². The van der Waals surface area contributed by atoms with Crippen LogP contribution in [0.1, 0.15) is 28.8 Å². The molecular weight excluding hydrogens is 308 g/mol. The Kier molecular flexibility index (Phi) is 4.30. The SMILES string of the molecule is O=C(c1ccc(-c2ccccc2)cc1)N(Cc1ccncc1)C1CC1. The molecule has 1 heterocycles. The number of carbonyl (C=O) groups excluding carboxylic acids is 1. The highest BCUT2D eigenvalue weighted by atomic mass is 16.2. The second-order valence-corrected chi connectivity index (χ2v) is 6.46. The van der Waals surface area contributed by atoms with Crippen LogP contribution in [0.25, 0.3) is 11.1 Å². The molecule has 0 unspecified atom stereocenters. The van der Waals surface area contributed by atoms with Gasteiger partial charge in [-0.2, -0.15) is 0 Å². The summed E-state index contributed by atoms with van der Waals surface area (Å²) in [5, 5.41) is 0. The Labute approximate surface area is 148 Å². The first-order chi connectivity index (χ1) is 12.3. The molecule has 1 aliphatic rings. The molecular formula is C22H20N2O. The van der Waals surface area contributed by atoms with Gasteiger partial charge in [0, 0.05) is 30.5 Å². The summed E-state index contributed by atoms with van der Waals surface area (Å²) in [5.41, 5.74) is 4.17. The normalized spacial score (nSPS) is 13.4. The van der Waals surface area contributed by atoms with Crippen LogP contribution in [0.15, 0.2) is 79.1 Å². The predicted octanol–water partition coefficient (Wildman–Crippen LogP) is 4.55. The van der Waals surface area contributed by atoms with Crippen LogP contribution in [0.4, 0.5) is 0 Å². The maximum atomic E-state index is 13.0. The lowest BCUT2D eigenvalue weighted by Gasteiger charge is -2.22. The van der Waals surface area contributed by atoms with Crippen molar-refractivity contribution in [1.82, 2.24) is 9.88 Å². The quantitative estimate of drug-likeness (QED) is 0.688. The molecule has 1 fully saturated rings. The molecule has 0 saturated heterocycles. The van der Waals surface area contributed by atoms with Gasteiger partial charge in [0.05, 0.1) is 0 Å². The molecule has 1 saturated carbocycles. The molecule has 3 aromatic rings. The minimum atomic E-state index is 0.110. The van der Waals surface area contributed by atoms with Crippen LogP contribution in [0, 0.1) is 0 Å². The molecule has 124 valence electrons. The van der Waals surface area contributed by atoms with Crippen LogP contribution in [0.5, 0.6) is 0 Å². The number of pyridine rings is 1. The van der Waals surface area contributed by atoms with Crippen LogP contribution in [-0.2, 0) is 6.54 Å². The standard InChI is InChI=1S/C22H20N2O/c25-22(24(21-10-11-21)16-17-12-14-23-15-13-17)20-8-6-19(7-9-20)18-4-2-1-3-5-18/h1-9,12-15,21H,10-11,16H2. The molecule has 0 bridgehead atoms. The highest BCUT2D eigenvalue weighted by Crippen LogP contribution is 2.30. The van der Waals surface area contributed by atoms with Gasteiger partial charge in [0.15, 0.2) is 0 Å². The Balaban J connectivity index is 1.54. The van der Waals surface area contributed by atoms with E-state index in [1.54, 1.807) is 12.4 Å². The van der Waals surface area contributed by atoms with Gasteiger partial charge in [0.1, 0.15) is 0 Å². The third kappa shape index (κ3) is 3.61. The molecule has 0 N–H and O–H groups in total. The molecule has 25 heavy (non-hydrogen) atoms. The fourth-order valence-electron chi connectivity index (χ4n) is 3.04. The molecule has 2 aromatic carbocycles. The Hall–Kier alpha value is -2.94. The summed E-state index contributed by atoms with van der Waals surface area (Å²) in [6.45, 7) is 0.645. The molecule has 0 spiro atoms. The van der Waals surface area contributed by atoms with Gasteiger partial charge in [0.25, 0.3) is 5.91 Å². The van der Waals surface area contributed by atoms with E-state index in [0.717, 1.165) is 35.1 Å². The molecule has 4 rings (SSSR count). The molecule has 0 atom stereocenters. The van der Waals surface area contributed by atoms with Crippen molar-refractivity contribution in [1.29, 1.82) is 0 Å². The van der Waals surface area contributed by atoms with Crippen molar-refractivity contribution >= 4 is 5.91 Å². The first kappa shape index (κ1) is 15.6. The lowest BCUT2D eigenvalue weighted by atomic mass is 10.0. The van der Waals surface area contributed by atoms with Gasteiger partial charge in [0.2, 0.25) is 0 Å². The van der Waals surface area contributed by atoms with Crippen LogP contribution in [0.3, 0.4) is 0 Å². The van der Waals surface area contributed by atoms with Gasteiger partial charge in [-0.25, -0.2) is 0 Å². The van der Waals surface area contributed by atoms with E-state index in [0.29, 0.717) is 12.6 Å². The summed E-state index contributed by atoms with van der Waals surface area (Å²) < 4.78 is 0. The zero-order valence-electron chi connectivity index (χ0n) is 14.0. The van der Waals surface area contributed by atoms with Gasteiger partial charge in [-0.05, 0) is 53.8 Å². The average Bonchev–Trinajstić information content (AvgIpc) is 3.52. The van der Waals surface area contributed by atoms with Gasteiger partial charge < -0.3 is 4.90 Å². The average molecular weight is 328 g/mol. The van der Waals surface area contributed by atoms with Crippen molar-refractivity contribution in [3.63, 3.8) is 0 Å². The molecule has 1 aliphatic carbocycles. The van der Waals surface area contributed by atoms with E-state index in [4.69, 9.17) is 0 Å². The Bertz CT molecular complexity index is 840. The molecule has 1 aromatic heterocycles. The molecule has 0 aliphatic heterocycles. The van der Waals surface area contributed by atoms with E-state index >= 15 is 0 Å². The van der Waals surface area contributed by atoms with Crippen molar-refractivity contribution in [2.75, 3.05) is 0 Å². The number of amides is 1. The summed E-state index contributed by atoms with van der Waals surface area (Å²) in [4.78, 5) is 19.0. The fourth-order valence-corrected chi connectivity index (χ4v) is 3.04. The highest BCUT2D eigenvalue weighted by Gasteiger charge is 2.33. The number of aromatic nitrogens is 1. The van der Waals surface area contributed by atoms with Gasteiger partial charge in [-0.3, -0.25) is 9.78 Å². The zero-order chi connectivity index (χ0) is 17.1. The van der Waals surface area contributed by atoms with Crippen molar-refractivity contribution in [3.05, 3.63) is 90.3 Å². The fraction of sp³-hybridized carbons (Fsp3) is 0.182. The first-order valence-corrected chi connectivity index (χ1v) is 8.66. The third-order valence-corrected chi connectivity index (χ3v) is 4.59. The maximum absolute atomic E-state index is 13.0. The predicted molar refractivity (Wildman–Crippen MR) is 99.0 cm³/mol. The second-order valence-electron chi connectivity index (χ2n) is 6.46. The number of carbonyl (C=O) groups is 1. The lowest BCUT2D eigenvalue weighted by Crippen LogP contribution is -2.32. The number of hydrogen-bond acceptors (Lipinski definition) is 2. The van der Waals surface area contributed by atoms with Crippen molar-refractivity contribution in [2.45, 2.75) is 25.4 Å². The molecule has 0 radical (unpaired) electrons. The van der Waals surface area contributed by atoms with Crippen LogP contribution < -0.4 is 0 Å². The van der Waals surface area contributed by atoms with Gasteiger partial charge >= 0.3 is 0 Å². The van der Waals surface area contributed by atoms with Crippen LogP contribution >= 0.6 is 0 Å². The topological polar surface area (TPSA) is 33.2 Å². The van der Waals surface area contributed by atoms with Crippen molar-refractivity contribution in [3.8, 4) is 11.1 Å². The summed E-state index contributed by atoms with van der Waals surface area (Å²) in [5.74, 6) is 0.110. The highest BCUT2D eigenvalue weighted by molar-refractivity contribution is 5.95. The Morgan fingerprint density at radius 2 is 1.52 bits per heavy atom. The summed E-state index contributed by atoms with van der Waals surface area (Å²) in [6.07, 6.45) is 5.75. The monoisotopic (exact) mass is 328 g/mol. The second kappa shape index (κ2) is 6.89. The van der Waals surface area contributed by atoms with Gasteiger partial charge in [-0.1, -0.05) is 42.5 Å². The summed E-state index contributed by atoms with van der Waals surface area (Å²) >= 11 is 0. The minimum Gasteiger partial charge on any atom is -0.331 e.